The van der Waals surface area contributed by atoms with Crippen LogP contribution < -0.4 is 14.8 Å². The third-order valence-corrected chi connectivity index (χ3v) is 5.63. The number of rotatable bonds is 4. The van der Waals surface area contributed by atoms with E-state index in [1.54, 1.807) is 14.2 Å². The van der Waals surface area contributed by atoms with Crippen molar-refractivity contribution in [3.63, 3.8) is 0 Å². The summed E-state index contributed by atoms with van der Waals surface area (Å²) in [6, 6.07) is 18.6. The van der Waals surface area contributed by atoms with Gasteiger partial charge in [0.1, 0.15) is 0 Å². The first-order valence-corrected chi connectivity index (χ1v) is 10.0. The maximum Gasteiger partial charge on any atom is 0.174 e. The molecule has 1 aromatic heterocycles. The summed E-state index contributed by atoms with van der Waals surface area (Å²) >= 11 is 5.84. The smallest absolute Gasteiger partial charge is 0.174 e. The Balaban J connectivity index is 1.70. The molecule has 2 aromatic carbocycles. The molecule has 4 rings (SSSR count). The first kappa shape index (κ1) is 19.3. The Morgan fingerprint density at radius 2 is 1.83 bits per heavy atom. The third-order valence-electron chi connectivity index (χ3n) is 5.29. The molecule has 5 nitrogen and oxygen atoms in total. The van der Waals surface area contributed by atoms with Gasteiger partial charge in [0, 0.05) is 30.7 Å². The van der Waals surface area contributed by atoms with E-state index in [4.69, 9.17) is 21.7 Å². The number of nitrogens with zero attached hydrogens (tertiary/aromatic N) is 2. The number of ether oxygens (including phenoxy) is 2. The average molecular weight is 408 g/mol. The molecule has 0 unspecified atom stereocenters. The molecule has 0 aliphatic carbocycles. The Hall–Kier alpha value is -2.99. The summed E-state index contributed by atoms with van der Waals surface area (Å²) in [4.78, 5) is 2.24. The van der Waals surface area contributed by atoms with E-state index < -0.39 is 0 Å². The van der Waals surface area contributed by atoms with Crippen LogP contribution >= 0.6 is 12.2 Å². The second kappa shape index (κ2) is 8.17. The molecule has 1 N–H and O–H groups in total. The van der Waals surface area contributed by atoms with Crippen LogP contribution in [0.2, 0.25) is 0 Å². The topological polar surface area (TPSA) is 38.7 Å². The van der Waals surface area contributed by atoms with Crippen LogP contribution in [0.15, 0.2) is 60.8 Å². The summed E-state index contributed by atoms with van der Waals surface area (Å²) < 4.78 is 13.2. The Morgan fingerprint density at radius 3 is 2.59 bits per heavy atom. The van der Waals surface area contributed by atoms with Crippen molar-refractivity contribution in [3.05, 3.63) is 77.6 Å². The number of hydrogen-bond acceptors (Lipinski definition) is 3. The van der Waals surface area contributed by atoms with E-state index in [0.717, 1.165) is 30.1 Å². The maximum absolute atomic E-state index is 5.84. The molecule has 2 heterocycles. The molecule has 29 heavy (non-hydrogen) atoms. The van der Waals surface area contributed by atoms with Crippen LogP contribution in [0.3, 0.4) is 0 Å². The van der Waals surface area contributed by atoms with E-state index in [-0.39, 0.29) is 6.04 Å². The van der Waals surface area contributed by atoms with E-state index >= 15 is 0 Å². The number of aryl methyl sites for hydroxylation is 1. The zero-order valence-electron chi connectivity index (χ0n) is 16.9. The summed E-state index contributed by atoms with van der Waals surface area (Å²) in [5, 5.41) is 4.13. The summed E-state index contributed by atoms with van der Waals surface area (Å²) in [6.45, 7) is 3.79. The van der Waals surface area contributed by atoms with Crippen LogP contribution in [0.25, 0.3) is 0 Å². The lowest BCUT2D eigenvalue weighted by atomic mass is 9.99. The molecule has 0 spiro atoms. The molecule has 1 atom stereocenters. The minimum atomic E-state index is -0.0108. The molecule has 0 saturated heterocycles. The molecular formula is C23H25N3O2S. The highest BCUT2D eigenvalue weighted by atomic mass is 32.1. The summed E-state index contributed by atoms with van der Waals surface area (Å²) in [7, 11) is 3.31. The van der Waals surface area contributed by atoms with Crippen molar-refractivity contribution in [1.29, 1.82) is 0 Å². The van der Waals surface area contributed by atoms with Gasteiger partial charge in [0.2, 0.25) is 0 Å². The predicted molar refractivity (Wildman–Crippen MR) is 120 cm³/mol. The van der Waals surface area contributed by atoms with Gasteiger partial charge in [-0.25, -0.2) is 0 Å². The largest absolute Gasteiger partial charge is 0.493 e. The van der Waals surface area contributed by atoms with Gasteiger partial charge in [0.25, 0.3) is 0 Å². The summed E-state index contributed by atoms with van der Waals surface area (Å²) in [5.41, 5.74) is 4.51. The molecule has 0 amide bonds. The van der Waals surface area contributed by atoms with E-state index in [9.17, 15) is 0 Å². The van der Waals surface area contributed by atoms with Crippen molar-refractivity contribution in [2.24, 2.45) is 0 Å². The molecule has 1 aliphatic heterocycles. The van der Waals surface area contributed by atoms with Gasteiger partial charge >= 0.3 is 0 Å². The fourth-order valence-corrected chi connectivity index (χ4v) is 4.21. The molecule has 1 aliphatic rings. The fraction of sp³-hybridized carbons (Fsp3) is 0.261. The van der Waals surface area contributed by atoms with Crippen LogP contribution in [0.4, 0.5) is 5.69 Å². The van der Waals surface area contributed by atoms with Gasteiger partial charge in [-0.1, -0.05) is 18.2 Å². The molecule has 6 heteroatoms. The van der Waals surface area contributed by atoms with Gasteiger partial charge in [-0.2, -0.15) is 0 Å². The second-order valence-corrected chi connectivity index (χ2v) is 7.52. The van der Waals surface area contributed by atoms with Crippen LogP contribution in [-0.4, -0.2) is 35.3 Å². The monoisotopic (exact) mass is 407 g/mol. The van der Waals surface area contributed by atoms with Gasteiger partial charge in [0.15, 0.2) is 16.6 Å². The van der Waals surface area contributed by atoms with E-state index in [1.807, 2.05) is 24.3 Å². The standard InChI is InChI=1S/C23H25N3O2S/c1-16-6-4-7-18(14-16)24-23(29)26-13-12-25-11-5-8-19(25)22(26)17-9-10-20(27-2)21(15-17)28-3/h4-11,14-15,22H,12-13H2,1-3H3,(H,24,29)/t22-/m0/s1. The first-order chi connectivity index (χ1) is 14.1. The van der Waals surface area contributed by atoms with E-state index in [1.165, 1.54) is 11.3 Å². The van der Waals surface area contributed by atoms with E-state index in [2.05, 4.69) is 58.2 Å². The van der Waals surface area contributed by atoms with Crippen LogP contribution in [0.1, 0.15) is 22.9 Å². The lowest BCUT2D eigenvalue weighted by Gasteiger charge is -2.39. The zero-order chi connectivity index (χ0) is 20.4. The van der Waals surface area contributed by atoms with Gasteiger partial charge in [-0.3, -0.25) is 0 Å². The van der Waals surface area contributed by atoms with Gasteiger partial charge in [-0.15, -0.1) is 0 Å². The number of benzene rings is 2. The second-order valence-electron chi connectivity index (χ2n) is 7.14. The van der Waals surface area contributed by atoms with Crippen LogP contribution in [-0.2, 0) is 6.54 Å². The van der Waals surface area contributed by atoms with Crippen molar-refractivity contribution in [1.82, 2.24) is 9.47 Å². The lowest BCUT2D eigenvalue weighted by molar-refractivity contribution is 0.291. The summed E-state index contributed by atoms with van der Waals surface area (Å²) in [6.07, 6.45) is 2.12. The first-order valence-electron chi connectivity index (χ1n) is 9.62. The fourth-order valence-electron chi connectivity index (χ4n) is 3.89. The maximum atomic E-state index is 5.84. The molecule has 0 fully saturated rings. The molecule has 0 radical (unpaired) electrons. The minimum Gasteiger partial charge on any atom is -0.493 e. The number of hydrogen-bond donors (Lipinski definition) is 1. The number of fused-ring (bicyclic) bond motifs is 1. The Kier molecular flexibility index (Phi) is 5.45. The van der Waals surface area contributed by atoms with Gasteiger partial charge in [0.05, 0.1) is 20.3 Å². The molecule has 0 saturated carbocycles. The van der Waals surface area contributed by atoms with Gasteiger partial charge in [-0.05, 0) is 66.7 Å². The van der Waals surface area contributed by atoms with Crippen molar-refractivity contribution in [3.8, 4) is 11.5 Å². The normalized spacial score (nSPS) is 15.6. The zero-order valence-corrected chi connectivity index (χ0v) is 17.7. The molecule has 150 valence electrons. The van der Waals surface area contributed by atoms with Crippen molar-refractivity contribution in [2.75, 3.05) is 26.1 Å². The van der Waals surface area contributed by atoms with E-state index in [0.29, 0.717) is 10.9 Å². The van der Waals surface area contributed by atoms with Crippen molar-refractivity contribution in [2.45, 2.75) is 19.5 Å². The lowest BCUT2D eigenvalue weighted by Crippen LogP contribution is -2.44. The number of aromatic nitrogens is 1. The average Bonchev–Trinajstić information content (AvgIpc) is 3.21. The molecule has 0 bridgehead atoms. The number of anilines is 1. The SMILES string of the molecule is COc1ccc([C@H]2c3cccn3CCN2C(=S)Nc2cccc(C)c2)cc1OC. The number of thiocarbonyl (C=S) groups is 1. The third kappa shape index (κ3) is 3.80. The van der Waals surface area contributed by atoms with Crippen molar-refractivity contribution >= 4 is 23.0 Å². The van der Waals surface area contributed by atoms with Crippen LogP contribution in [0, 0.1) is 6.92 Å². The van der Waals surface area contributed by atoms with Gasteiger partial charge < -0.3 is 24.3 Å². The Labute approximate surface area is 176 Å². The highest BCUT2D eigenvalue weighted by Crippen LogP contribution is 2.37. The molecule has 3 aromatic rings. The minimum absolute atomic E-state index is 0.0108. The highest BCUT2D eigenvalue weighted by molar-refractivity contribution is 7.80. The Bertz CT molecular complexity index is 1030. The molecular weight excluding hydrogens is 382 g/mol. The summed E-state index contributed by atoms with van der Waals surface area (Å²) in [5.74, 6) is 1.43. The number of nitrogens with one attached hydrogen (secondary N) is 1. The number of methoxy groups -OCH3 is 2. The quantitative estimate of drug-likeness (QED) is 0.639. The Morgan fingerprint density at radius 1 is 1.00 bits per heavy atom. The highest BCUT2D eigenvalue weighted by Gasteiger charge is 2.31. The van der Waals surface area contributed by atoms with Crippen LogP contribution in [0.5, 0.6) is 11.5 Å². The van der Waals surface area contributed by atoms with Crippen molar-refractivity contribution < 1.29 is 9.47 Å². The predicted octanol–water partition coefficient (Wildman–Crippen LogP) is 4.62.